The summed E-state index contributed by atoms with van der Waals surface area (Å²) < 4.78 is 4.40. The molecule has 0 radical (unpaired) electrons. The summed E-state index contributed by atoms with van der Waals surface area (Å²) in [7, 11) is 4.19. The molecule has 0 fully saturated rings. The van der Waals surface area contributed by atoms with Gasteiger partial charge in [0.1, 0.15) is 0 Å². The maximum atomic E-state index is 12.2. The molecule has 0 spiro atoms. The highest BCUT2D eigenvalue weighted by Gasteiger charge is 2.45. The van der Waals surface area contributed by atoms with Gasteiger partial charge in [0, 0.05) is 54.0 Å². The predicted molar refractivity (Wildman–Crippen MR) is 140 cm³/mol. The van der Waals surface area contributed by atoms with Crippen molar-refractivity contribution in [2.45, 2.75) is 26.2 Å². The van der Waals surface area contributed by atoms with Crippen molar-refractivity contribution in [3.8, 4) is 0 Å². The van der Waals surface area contributed by atoms with Gasteiger partial charge in [0.25, 0.3) is 0 Å². The van der Waals surface area contributed by atoms with Gasteiger partial charge in [0.2, 0.25) is 0 Å². The summed E-state index contributed by atoms with van der Waals surface area (Å²) in [5, 5.41) is 9.30. The fraction of sp³-hybridized carbons (Fsp3) is 0.280. The molecule has 0 unspecified atom stereocenters. The van der Waals surface area contributed by atoms with Crippen molar-refractivity contribution in [3.05, 3.63) is 64.1 Å². The van der Waals surface area contributed by atoms with Crippen molar-refractivity contribution in [3.63, 3.8) is 0 Å². The van der Waals surface area contributed by atoms with Crippen LogP contribution < -0.4 is 9.21 Å². The first-order valence-corrected chi connectivity index (χ1v) is 12.8. The van der Waals surface area contributed by atoms with Gasteiger partial charge in [0.05, 0.1) is 33.9 Å². The van der Waals surface area contributed by atoms with Crippen molar-refractivity contribution in [2.24, 2.45) is 12.2 Å². The zero-order chi connectivity index (χ0) is 23.5. The van der Waals surface area contributed by atoms with Gasteiger partial charge in [-0.15, -0.1) is 0 Å². The van der Waals surface area contributed by atoms with E-state index in [-0.39, 0.29) is 5.41 Å². The maximum Gasteiger partial charge on any atom is 0.367 e. The van der Waals surface area contributed by atoms with Crippen molar-refractivity contribution in [1.82, 2.24) is 4.57 Å². The van der Waals surface area contributed by atoms with Crippen LogP contribution in [0, 0.1) is 0 Å². The zero-order valence-electron chi connectivity index (χ0n) is 19.5. The van der Waals surface area contributed by atoms with Gasteiger partial charge in [-0.3, -0.25) is 0 Å². The van der Waals surface area contributed by atoms with E-state index in [4.69, 9.17) is 4.84 Å². The molecule has 0 N–H and O–H groups in total. The Morgan fingerprint density at radius 2 is 2.06 bits per heavy atom. The summed E-state index contributed by atoms with van der Waals surface area (Å²) in [4.78, 5) is 19.4. The topological polar surface area (TPSA) is 50.1 Å². The molecule has 2 aromatic heterocycles. The molecule has 0 amide bonds. The van der Waals surface area contributed by atoms with E-state index in [1.807, 2.05) is 6.08 Å². The molecule has 5 rings (SSSR count). The minimum Gasteiger partial charge on any atom is -0.350 e. The van der Waals surface area contributed by atoms with Crippen LogP contribution in [0.1, 0.15) is 26.3 Å². The van der Waals surface area contributed by atoms with Crippen molar-refractivity contribution in [2.75, 3.05) is 22.5 Å². The molecule has 8 heteroatoms. The number of hydrogen-bond acceptors (Lipinski definition) is 7. The van der Waals surface area contributed by atoms with E-state index in [1.54, 1.807) is 30.2 Å². The molecule has 2 aliphatic rings. The number of benzene rings is 1. The van der Waals surface area contributed by atoms with Crippen molar-refractivity contribution in [1.29, 1.82) is 0 Å². The second-order valence-corrected chi connectivity index (χ2v) is 10.5. The molecule has 0 atom stereocenters. The van der Waals surface area contributed by atoms with Crippen molar-refractivity contribution >= 4 is 62.9 Å². The largest absolute Gasteiger partial charge is 0.367 e. The van der Waals surface area contributed by atoms with Crippen LogP contribution in [0.4, 0.5) is 17.1 Å². The van der Waals surface area contributed by atoms with Gasteiger partial charge >= 0.3 is 5.97 Å². The number of hydrogen-bond donors (Lipinski definition) is 0. The summed E-state index contributed by atoms with van der Waals surface area (Å²) in [6, 6.07) is 6.62. The number of thiophene rings is 1. The SMILES string of the molecule is CSN(C)c1cc2c(ccn2C)c2c1C(C)(C)/C(=C\C=C1\C(=O)ON=C1C)N2c1ccsc1. The summed E-state index contributed by atoms with van der Waals surface area (Å²) in [6.45, 7) is 6.30. The Balaban J connectivity index is 1.84. The first kappa shape index (κ1) is 21.9. The highest BCUT2D eigenvalue weighted by atomic mass is 32.2. The monoisotopic (exact) mass is 478 g/mol. The molecule has 0 aliphatic carbocycles. The average molecular weight is 479 g/mol. The average Bonchev–Trinajstić information content (AvgIpc) is 3.55. The number of aromatic nitrogens is 1. The van der Waals surface area contributed by atoms with E-state index in [1.165, 1.54) is 27.8 Å². The highest BCUT2D eigenvalue weighted by Crippen LogP contribution is 2.57. The molecule has 33 heavy (non-hydrogen) atoms. The van der Waals surface area contributed by atoms with Crippen LogP contribution in [-0.2, 0) is 22.1 Å². The van der Waals surface area contributed by atoms with Crippen LogP contribution in [-0.4, -0.2) is 29.6 Å². The van der Waals surface area contributed by atoms with Crippen LogP contribution in [0.25, 0.3) is 10.9 Å². The van der Waals surface area contributed by atoms with E-state index < -0.39 is 5.97 Å². The third-order valence-electron chi connectivity index (χ3n) is 6.53. The third-order valence-corrected chi connectivity index (χ3v) is 7.95. The van der Waals surface area contributed by atoms with E-state index in [0.29, 0.717) is 11.3 Å². The number of aryl methyl sites for hydroxylation is 1. The zero-order valence-corrected chi connectivity index (χ0v) is 21.2. The second-order valence-electron chi connectivity index (χ2n) is 8.79. The fourth-order valence-corrected chi connectivity index (χ4v) is 5.71. The smallest absolute Gasteiger partial charge is 0.350 e. The summed E-state index contributed by atoms with van der Waals surface area (Å²) in [6.07, 6.45) is 8.10. The van der Waals surface area contributed by atoms with Gasteiger partial charge in [-0.05, 0) is 42.7 Å². The van der Waals surface area contributed by atoms with Crippen molar-refractivity contribution < 1.29 is 9.63 Å². The van der Waals surface area contributed by atoms with E-state index in [0.717, 1.165) is 11.4 Å². The first-order chi connectivity index (χ1) is 15.8. The Bertz CT molecular complexity index is 1360. The summed E-state index contributed by atoms with van der Waals surface area (Å²) >= 11 is 3.37. The standard InChI is InChI=1S/C25H26N4O2S2/c1-15-17(24(30)31-26-15)7-8-21-25(2,3)22-20(28(5)32-6)13-19-18(9-11-27(19)4)23(22)29(21)16-10-12-33-14-16/h7-14H,1-6H3/b17-7+,21-8+. The van der Waals surface area contributed by atoms with Crippen LogP contribution in [0.2, 0.25) is 0 Å². The third kappa shape index (κ3) is 3.23. The Morgan fingerprint density at radius 1 is 1.27 bits per heavy atom. The molecular weight excluding hydrogens is 452 g/mol. The van der Waals surface area contributed by atoms with Gasteiger partial charge in [-0.2, -0.15) is 11.3 Å². The molecule has 3 aromatic rings. The lowest BCUT2D eigenvalue weighted by molar-refractivity contribution is -0.136. The summed E-state index contributed by atoms with van der Waals surface area (Å²) in [5.41, 5.74) is 7.82. The Kier molecular flexibility index (Phi) is 5.17. The van der Waals surface area contributed by atoms with E-state index in [9.17, 15) is 4.79 Å². The number of nitrogens with zero attached hydrogens (tertiary/aromatic N) is 4. The van der Waals surface area contributed by atoms with E-state index in [2.05, 4.69) is 94.4 Å². The molecule has 2 aliphatic heterocycles. The van der Waals surface area contributed by atoms with Crippen LogP contribution >= 0.6 is 23.3 Å². The minimum atomic E-state index is -0.409. The number of fused-ring (bicyclic) bond motifs is 3. The molecule has 0 saturated heterocycles. The number of carbonyl (C=O) groups is 1. The lowest BCUT2D eigenvalue weighted by Crippen LogP contribution is -2.23. The molecule has 170 valence electrons. The number of anilines is 3. The second kappa shape index (κ2) is 7.81. The fourth-order valence-electron chi connectivity index (χ4n) is 4.75. The molecule has 6 nitrogen and oxygen atoms in total. The summed E-state index contributed by atoms with van der Waals surface area (Å²) in [5.74, 6) is -0.409. The molecule has 0 saturated carbocycles. The molecular formula is C25H26N4O2S2. The maximum absolute atomic E-state index is 12.2. The Hall–Kier alpha value is -2.97. The highest BCUT2D eigenvalue weighted by molar-refractivity contribution is 7.99. The van der Waals surface area contributed by atoms with E-state index >= 15 is 0 Å². The number of rotatable bonds is 4. The first-order valence-electron chi connectivity index (χ1n) is 10.7. The number of carbonyl (C=O) groups excluding carboxylic acids is 1. The van der Waals surface area contributed by atoms with Crippen LogP contribution in [0.15, 0.2) is 63.7 Å². The Morgan fingerprint density at radius 3 is 2.70 bits per heavy atom. The molecule has 4 heterocycles. The number of allylic oxidation sites excluding steroid dienone is 3. The lowest BCUT2D eigenvalue weighted by Gasteiger charge is -2.28. The number of oxime groups is 1. The minimum absolute atomic E-state index is 0.314. The normalized spacial score (nSPS) is 19.5. The molecule has 1 aromatic carbocycles. The van der Waals surface area contributed by atoms with Crippen LogP contribution in [0.5, 0.6) is 0 Å². The van der Waals surface area contributed by atoms with Gasteiger partial charge < -0.3 is 18.6 Å². The quantitative estimate of drug-likeness (QED) is 0.257. The predicted octanol–water partition coefficient (Wildman–Crippen LogP) is 6.13. The van der Waals surface area contributed by atoms with Gasteiger partial charge in [-0.25, -0.2) is 4.79 Å². The lowest BCUT2D eigenvalue weighted by atomic mass is 9.82. The van der Waals surface area contributed by atoms with Gasteiger partial charge in [-0.1, -0.05) is 31.0 Å². The Labute approximate surface area is 201 Å². The van der Waals surface area contributed by atoms with Crippen LogP contribution in [0.3, 0.4) is 0 Å². The van der Waals surface area contributed by atoms with Gasteiger partial charge in [0.15, 0.2) is 0 Å². The molecule has 0 bridgehead atoms.